The molecule has 0 aliphatic rings. The van der Waals surface area contributed by atoms with Crippen LogP contribution in [0.25, 0.3) is 0 Å². The number of aryl methyl sites for hydroxylation is 1. The number of carbonyl (C=O) groups excluding carboxylic acids is 1. The van der Waals surface area contributed by atoms with Gasteiger partial charge >= 0.3 is 0 Å². The summed E-state index contributed by atoms with van der Waals surface area (Å²) >= 11 is 0. The van der Waals surface area contributed by atoms with E-state index < -0.39 is 0 Å². The largest absolute Gasteiger partial charge is 0.459 e. The number of guanidine groups is 1. The van der Waals surface area contributed by atoms with Crippen LogP contribution in [0.3, 0.4) is 0 Å². The number of nitrogens with one attached hydrogen (secondary N) is 2. The molecular formula is C15H26N4O3. The van der Waals surface area contributed by atoms with Gasteiger partial charge in [-0.15, -0.1) is 0 Å². The van der Waals surface area contributed by atoms with Crippen molar-refractivity contribution in [3.8, 4) is 0 Å². The summed E-state index contributed by atoms with van der Waals surface area (Å²) in [6.45, 7) is 7.07. The van der Waals surface area contributed by atoms with Gasteiger partial charge in [0, 0.05) is 38.4 Å². The zero-order valence-electron chi connectivity index (χ0n) is 13.4. The van der Waals surface area contributed by atoms with Gasteiger partial charge in [-0.05, 0) is 32.8 Å². The maximum absolute atomic E-state index is 11.8. The SMILES string of the molecule is CCOCCCNC(N)=NCCCNC(=O)c1occc1C. The molecule has 0 radical (unpaired) electrons. The molecule has 7 nitrogen and oxygen atoms in total. The maximum Gasteiger partial charge on any atom is 0.287 e. The van der Waals surface area contributed by atoms with Gasteiger partial charge in [-0.2, -0.15) is 0 Å². The number of aliphatic imine (C=N–C) groups is 1. The zero-order valence-corrected chi connectivity index (χ0v) is 13.4. The number of carbonyl (C=O) groups is 1. The number of furan rings is 1. The molecular weight excluding hydrogens is 284 g/mol. The molecule has 0 fully saturated rings. The maximum atomic E-state index is 11.8. The summed E-state index contributed by atoms with van der Waals surface area (Å²) in [7, 11) is 0. The Hall–Kier alpha value is -2.02. The van der Waals surface area contributed by atoms with Crippen molar-refractivity contribution >= 4 is 11.9 Å². The predicted octanol–water partition coefficient (Wildman–Crippen LogP) is 1.04. The number of nitrogens with zero attached hydrogens (tertiary/aromatic N) is 1. The Morgan fingerprint density at radius 2 is 2.14 bits per heavy atom. The standard InChI is InChI=1S/C15H26N4O3/c1-3-21-10-5-9-19-15(16)18-8-4-7-17-14(20)13-12(2)6-11-22-13/h6,11H,3-5,7-10H2,1-2H3,(H,17,20)(H3,16,18,19). The number of amides is 1. The van der Waals surface area contributed by atoms with E-state index in [9.17, 15) is 4.79 Å². The van der Waals surface area contributed by atoms with Crippen molar-refractivity contribution in [2.75, 3.05) is 32.8 Å². The fraction of sp³-hybridized carbons (Fsp3) is 0.600. The second-order valence-electron chi connectivity index (χ2n) is 4.79. The van der Waals surface area contributed by atoms with E-state index in [1.807, 2.05) is 13.8 Å². The van der Waals surface area contributed by atoms with Crippen LogP contribution in [0.4, 0.5) is 0 Å². The summed E-state index contributed by atoms with van der Waals surface area (Å²) in [5.74, 6) is 0.581. The molecule has 124 valence electrons. The number of hydrogen-bond acceptors (Lipinski definition) is 4. The lowest BCUT2D eigenvalue weighted by molar-refractivity contribution is 0.0925. The molecule has 4 N–H and O–H groups in total. The molecule has 1 rings (SSSR count). The van der Waals surface area contributed by atoms with E-state index in [0.717, 1.165) is 31.7 Å². The van der Waals surface area contributed by atoms with Gasteiger partial charge in [-0.3, -0.25) is 9.79 Å². The van der Waals surface area contributed by atoms with Crippen LogP contribution in [0.1, 0.15) is 35.9 Å². The minimum Gasteiger partial charge on any atom is -0.459 e. The second kappa shape index (κ2) is 10.7. The third-order valence-electron chi connectivity index (χ3n) is 2.95. The van der Waals surface area contributed by atoms with Crippen molar-refractivity contribution in [3.05, 3.63) is 23.7 Å². The topological polar surface area (TPSA) is 102 Å². The number of hydrogen-bond donors (Lipinski definition) is 3. The Morgan fingerprint density at radius 1 is 1.36 bits per heavy atom. The zero-order chi connectivity index (χ0) is 16.2. The molecule has 0 aliphatic heterocycles. The van der Waals surface area contributed by atoms with Crippen LogP contribution in [0.5, 0.6) is 0 Å². The first-order valence-corrected chi connectivity index (χ1v) is 7.59. The Balaban J connectivity index is 2.07. The number of ether oxygens (including phenoxy) is 1. The fourth-order valence-corrected chi connectivity index (χ4v) is 1.76. The first kappa shape index (κ1) is 18.0. The van der Waals surface area contributed by atoms with E-state index >= 15 is 0 Å². The first-order valence-electron chi connectivity index (χ1n) is 7.59. The van der Waals surface area contributed by atoms with Gasteiger partial charge in [0.05, 0.1) is 6.26 Å². The highest BCUT2D eigenvalue weighted by Crippen LogP contribution is 2.07. The van der Waals surface area contributed by atoms with Gasteiger partial charge in [0.2, 0.25) is 0 Å². The van der Waals surface area contributed by atoms with Crippen molar-refractivity contribution in [2.45, 2.75) is 26.7 Å². The van der Waals surface area contributed by atoms with E-state index in [1.165, 1.54) is 6.26 Å². The quantitative estimate of drug-likeness (QED) is 0.340. The van der Waals surface area contributed by atoms with Gasteiger partial charge < -0.3 is 25.5 Å². The van der Waals surface area contributed by atoms with Gasteiger partial charge in [-0.1, -0.05) is 0 Å². The Labute approximate surface area is 131 Å². The molecule has 0 atom stereocenters. The van der Waals surface area contributed by atoms with Crippen LogP contribution < -0.4 is 16.4 Å². The van der Waals surface area contributed by atoms with Crippen molar-refractivity contribution in [1.82, 2.24) is 10.6 Å². The van der Waals surface area contributed by atoms with E-state index in [2.05, 4.69) is 15.6 Å². The molecule has 22 heavy (non-hydrogen) atoms. The molecule has 0 saturated carbocycles. The summed E-state index contributed by atoms with van der Waals surface area (Å²) in [6, 6.07) is 1.76. The van der Waals surface area contributed by atoms with E-state index in [0.29, 0.717) is 31.2 Å². The Kier molecular flexibility index (Phi) is 8.74. The minimum atomic E-state index is -0.200. The van der Waals surface area contributed by atoms with Crippen molar-refractivity contribution in [1.29, 1.82) is 0 Å². The second-order valence-corrected chi connectivity index (χ2v) is 4.79. The van der Waals surface area contributed by atoms with Gasteiger partial charge in [0.25, 0.3) is 5.91 Å². The van der Waals surface area contributed by atoms with Gasteiger partial charge in [0.15, 0.2) is 11.7 Å². The summed E-state index contributed by atoms with van der Waals surface area (Å²) in [5.41, 5.74) is 6.55. The average Bonchev–Trinajstić information content (AvgIpc) is 2.92. The summed E-state index contributed by atoms with van der Waals surface area (Å²) in [5, 5.41) is 5.80. The molecule has 1 aromatic rings. The third-order valence-corrected chi connectivity index (χ3v) is 2.95. The minimum absolute atomic E-state index is 0.200. The molecule has 1 heterocycles. The molecule has 0 bridgehead atoms. The summed E-state index contributed by atoms with van der Waals surface area (Å²) < 4.78 is 10.3. The van der Waals surface area contributed by atoms with Crippen LogP contribution in [0, 0.1) is 6.92 Å². The molecule has 0 saturated heterocycles. The Bertz CT molecular complexity index is 471. The monoisotopic (exact) mass is 310 g/mol. The van der Waals surface area contributed by atoms with Crippen LogP contribution in [0.2, 0.25) is 0 Å². The summed E-state index contributed by atoms with van der Waals surface area (Å²) in [6.07, 6.45) is 3.11. The van der Waals surface area contributed by atoms with E-state index in [-0.39, 0.29) is 5.91 Å². The van der Waals surface area contributed by atoms with Gasteiger partial charge in [-0.25, -0.2) is 0 Å². The molecule has 0 aromatic carbocycles. The van der Waals surface area contributed by atoms with Crippen LogP contribution in [0.15, 0.2) is 21.7 Å². The fourth-order valence-electron chi connectivity index (χ4n) is 1.76. The summed E-state index contributed by atoms with van der Waals surface area (Å²) in [4.78, 5) is 15.9. The third kappa shape index (κ3) is 7.12. The average molecular weight is 310 g/mol. The lowest BCUT2D eigenvalue weighted by Crippen LogP contribution is -2.33. The van der Waals surface area contributed by atoms with E-state index in [1.54, 1.807) is 6.07 Å². The van der Waals surface area contributed by atoms with Crippen LogP contribution in [-0.2, 0) is 4.74 Å². The highest BCUT2D eigenvalue weighted by atomic mass is 16.5. The predicted molar refractivity (Wildman–Crippen MR) is 86.0 cm³/mol. The molecule has 0 unspecified atom stereocenters. The molecule has 1 aromatic heterocycles. The van der Waals surface area contributed by atoms with E-state index in [4.69, 9.17) is 14.9 Å². The normalized spacial score (nSPS) is 11.5. The highest BCUT2D eigenvalue weighted by Gasteiger charge is 2.10. The smallest absolute Gasteiger partial charge is 0.287 e. The molecule has 0 spiro atoms. The van der Waals surface area contributed by atoms with Crippen molar-refractivity contribution in [2.24, 2.45) is 10.7 Å². The van der Waals surface area contributed by atoms with Crippen molar-refractivity contribution < 1.29 is 13.9 Å². The van der Waals surface area contributed by atoms with Crippen LogP contribution in [-0.4, -0.2) is 44.7 Å². The first-order chi connectivity index (χ1) is 10.6. The Morgan fingerprint density at radius 3 is 2.82 bits per heavy atom. The highest BCUT2D eigenvalue weighted by molar-refractivity contribution is 5.92. The number of rotatable bonds is 10. The van der Waals surface area contributed by atoms with Crippen molar-refractivity contribution in [3.63, 3.8) is 0 Å². The van der Waals surface area contributed by atoms with Gasteiger partial charge in [0.1, 0.15) is 0 Å². The lowest BCUT2D eigenvalue weighted by atomic mass is 10.2. The van der Waals surface area contributed by atoms with Crippen LogP contribution >= 0.6 is 0 Å². The lowest BCUT2D eigenvalue weighted by Gasteiger charge is -2.06. The molecule has 1 amide bonds. The number of nitrogens with two attached hydrogens (primary N) is 1. The molecule has 7 heteroatoms. The molecule has 0 aliphatic carbocycles.